The summed E-state index contributed by atoms with van der Waals surface area (Å²) >= 11 is 0. The van der Waals surface area contributed by atoms with Crippen LogP contribution in [-0.2, 0) is 6.54 Å². The van der Waals surface area contributed by atoms with Crippen LogP contribution in [0.25, 0.3) is 11.5 Å². The lowest BCUT2D eigenvalue weighted by atomic mass is 10.2. The van der Waals surface area contributed by atoms with Crippen LogP contribution in [0.15, 0.2) is 59.1 Å². The lowest BCUT2D eigenvalue weighted by Crippen LogP contribution is -2.47. The molecule has 0 spiro atoms. The highest BCUT2D eigenvalue weighted by molar-refractivity contribution is 5.54. The van der Waals surface area contributed by atoms with Crippen molar-refractivity contribution < 1.29 is 14.0 Å². The molecule has 1 saturated heterocycles. The van der Waals surface area contributed by atoms with Gasteiger partial charge in [-0.05, 0) is 36.4 Å². The first-order valence-corrected chi connectivity index (χ1v) is 9.90. The molecular weight excluding hydrogens is 368 g/mol. The summed E-state index contributed by atoms with van der Waals surface area (Å²) in [5.41, 5.74) is 0.896. The van der Waals surface area contributed by atoms with E-state index in [2.05, 4.69) is 19.9 Å². The van der Waals surface area contributed by atoms with Crippen LogP contribution in [0, 0.1) is 0 Å². The molecule has 29 heavy (non-hydrogen) atoms. The Balaban J connectivity index is 1.21. The van der Waals surface area contributed by atoms with Crippen LogP contribution in [0.2, 0.25) is 0 Å². The molecule has 1 aromatic heterocycles. The Kier molecular flexibility index (Phi) is 6.38. The maximum Gasteiger partial charge on any atom is 0.257 e. The Morgan fingerprint density at radius 2 is 1.62 bits per heavy atom. The molecule has 1 aliphatic rings. The first-order chi connectivity index (χ1) is 14.3. The molecule has 4 rings (SSSR count). The van der Waals surface area contributed by atoms with Gasteiger partial charge in [0.1, 0.15) is 18.1 Å². The average molecular weight is 394 g/mol. The van der Waals surface area contributed by atoms with Crippen LogP contribution in [-0.4, -0.2) is 66.4 Å². The Hall–Kier alpha value is -2.90. The van der Waals surface area contributed by atoms with Gasteiger partial charge in [0.2, 0.25) is 0 Å². The lowest BCUT2D eigenvalue weighted by molar-refractivity contribution is 0.110. The third-order valence-corrected chi connectivity index (χ3v) is 5.05. The van der Waals surface area contributed by atoms with Crippen LogP contribution in [0.4, 0.5) is 0 Å². The summed E-state index contributed by atoms with van der Waals surface area (Å²) < 4.78 is 16.4. The number of benzene rings is 2. The molecule has 0 unspecified atom stereocenters. The monoisotopic (exact) mass is 394 g/mol. The Morgan fingerprint density at radius 1 is 0.897 bits per heavy atom. The predicted octanol–water partition coefficient (Wildman–Crippen LogP) is 2.94. The third-order valence-electron chi connectivity index (χ3n) is 5.05. The second-order valence-electron chi connectivity index (χ2n) is 7.02. The topological polar surface area (TPSA) is 63.9 Å². The van der Waals surface area contributed by atoms with Gasteiger partial charge in [0.25, 0.3) is 5.89 Å². The highest BCUT2D eigenvalue weighted by atomic mass is 16.5. The van der Waals surface area contributed by atoms with E-state index in [0.717, 1.165) is 55.6 Å². The molecule has 1 aliphatic heterocycles. The first-order valence-electron chi connectivity index (χ1n) is 9.90. The number of hydrogen-bond acceptors (Lipinski definition) is 7. The second kappa shape index (κ2) is 9.54. The van der Waals surface area contributed by atoms with Gasteiger partial charge >= 0.3 is 0 Å². The van der Waals surface area contributed by atoms with E-state index < -0.39 is 0 Å². The van der Waals surface area contributed by atoms with Gasteiger partial charge in [0.15, 0.2) is 5.82 Å². The van der Waals surface area contributed by atoms with Crippen molar-refractivity contribution in [1.29, 1.82) is 0 Å². The summed E-state index contributed by atoms with van der Waals surface area (Å²) in [7, 11) is 1.65. The van der Waals surface area contributed by atoms with Crippen LogP contribution in [0.5, 0.6) is 11.5 Å². The smallest absolute Gasteiger partial charge is 0.257 e. The number of rotatable bonds is 8. The van der Waals surface area contributed by atoms with E-state index in [-0.39, 0.29) is 0 Å². The summed E-state index contributed by atoms with van der Waals surface area (Å²) in [5, 5.41) is 4.14. The zero-order valence-electron chi connectivity index (χ0n) is 16.7. The second-order valence-corrected chi connectivity index (χ2v) is 7.02. The number of aromatic nitrogens is 2. The normalized spacial score (nSPS) is 15.3. The van der Waals surface area contributed by atoms with Gasteiger partial charge < -0.3 is 14.0 Å². The van der Waals surface area contributed by atoms with Crippen molar-refractivity contribution >= 4 is 0 Å². The summed E-state index contributed by atoms with van der Waals surface area (Å²) in [6.07, 6.45) is 0. The fourth-order valence-electron chi connectivity index (χ4n) is 3.35. The summed E-state index contributed by atoms with van der Waals surface area (Å²) in [4.78, 5) is 9.33. The van der Waals surface area contributed by atoms with E-state index in [1.54, 1.807) is 7.11 Å². The third kappa shape index (κ3) is 5.34. The molecule has 2 heterocycles. The SMILES string of the molecule is COc1ccc(-c2nc(CN3CCN(CCOc4ccccc4)CC3)no2)cc1. The molecule has 7 heteroatoms. The molecule has 0 aliphatic carbocycles. The maximum absolute atomic E-state index is 5.80. The molecule has 7 nitrogen and oxygen atoms in total. The van der Waals surface area contributed by atoms with Crippen LogP contribution in [0.3, 0.4) is 0 Å². The van der Waals surface area contributed by atoms with Crippen molar-refractivity contribution in [2.45, 2.75) is 6.54 Å². The van der Waals surface area contributed by atoms with Crippen molar-refractivity contribution in [3.8, 4) is 23.0 Å². The predicted molar refractivity (Wildman–Crippen MR) is 110 cm³/mol. The lowest BCUT2D eigenvalue weighted by Gasteiger charge is -2.33. The van der Waals surface area contributed by atoms with Gasteiger partial charge in [-0.1, -0.05) is 23.4 Å². The van der Waals surface area contributed by atoms with E-state index in [0.29, 0.717) is 19.0 Å². The highest BCUT2D eigenvalue weighted by Gasteiger charge is 2.19. The van der Waals surface area contributed by atoms with Crippen molar-refractivity contribution in [3.63, 3.8) is 0 Å². The number of methoxy groups -OCH3 is 1. The first kappa shape index (κ1) is 19.4. The molecule has 0 amide bonds. The largest absolute Gasteiger partial charge is 0.497 e. The number of hydrogen-bond donors (Lipinski definition) is 0. The number of ether oxygens (including phenoxy) is 2. The van der Waals surface area contributed by atoms with Crippen LogP contribution in [0.1, 0.15) is 5.82 Å². The molecular formula is C22H26N4O3. The fourth-order valence-corrected chi connectivity index (χ4v) is 3.35. The molecule has 0 N–H and O–H groups in total. The van der Waals surface area contributed by atoms with Crippen LogP contribution < -0.4 is 9.47 Å². The Bertz CT molecular complexity index is 875. The van der Waals surface area contributed by atoms with Crippen molar-refractivity contribution in [1.82, 2.24) is 19.9 Å². The fraction of sp³-hybridized carbons (Fsp3) is 0.364. The highest BCUT2D eigenvalue weighted by Crippen LogP contribution is 2.21. The maximum atomic E-state index is 5.80. The summed E-state index contributed by atoms with van der Waals surface area (Å²) in [6.45, 7) is 6.35. The molecule has 0 radical (unpaired) electrons. The summed E-state index contributed by atoms with van der Waals surface area (Å²) in [5.74, 6) is 2.99. The van der Waals surface area contributed by atoms with Gasteiger partial charge in [-0.25, -0.2) is 0 Å². The minimum atomic E-state index is 0.541. The Labute approximate surface area is 170 Å². The molecule has 3 aromatic rings. The van der Waals surface area contributed by atoms with E-state index in [1.807, 2.05) is 54.6 Å². The molecule has 0 bridgehead atoms. The zero-order valence-corrected chi connectivity index (χ0v) is 16.7. The number of nitrogens with zero attached hydrogens (tertiary/aromatic N) is 4. The Morgan fingerprint density at radius 3 is 2.34 bits per heavy atom. The van der Waals surface area contributed by atoms with E-state index in [1.165, 1.54) is 0 Å². The van der Waals surface area contributed by atoms with Crippen molar-refractivity contribution in [3.05, 3.63) is 60.4 Å². The van der Waals surface area contributed by atoms with Gasteiger partial charge in [0, 0.05) is 38.3 Å². The molecule has 2 aromatic carbocycles. The molecule has 0 saturated carbocycles. The van der Waals surface area contributed by atoms with Gasteiger partial charge in [-0.15, -0.1) is 0 Å². The van der Waals surface area contributed by atoms with Crippen LogP contribution >= 0.6 is 0 Å². The van der Waals surface area contributed by atoms with Gasteiger partial charge in [-0.2, -0.15) is 4.98 Å². The van der Waals surface area contributed by atoms with E-state index in [4.69, 9.17) is 14.0 Å². The molecule has 152 valence electrons. The molecule has 1 fully saturated rings. The number of para-hydroxylation sites is 1. The van der Waals surface area contributed by atoms with Gasteiger partial charge in [-0.3, -0.25) is 9.80 Å². The average Bonchev–Trinajstić information content (AvgIpc) is 3.24. The quantitative estimate of drug-likeness (QED) is 0.582. The van der Waals surface area contributed by atoms with Crippen molar-refractivity contribution in [2.75, 3.05) is 46.4 Å². The van der Waals surface area contributed by atoms with Crippen molar-refractivity contribution in [2.24, 2.45) is 0 Å². The van der Waals surface area contributed by atoms with E-state index in [9.17, 15) is 0 Å². The van der Waals surface area contributed by atoms with Gasteiger partial charge in [0.05, 0.1) is 13.7 Å². The standard InChI is InChI=1S/C22H26N4O3/c1-27-19-9-7-18(8-10-19)22-23-21(24-29-22)17-26-13-11-25(12-14-26)15-16-28-20-5-3-2-4-6-20/h2-10H,11-17H2,1H3. The zero-order chi connectivity index (χ0) is 19.9. The summed E-state index contributed by atoms with van der Waals surface area (Å²) in [6, 6.07) is 17.6. The minimum absolute atomic E-state index is 0.541. The van der Waals surface area contributed by atoms with E-state index >= 15 is 0 Å². The number of piperazine rings is 1. The molecule has 0 atom stereocenters. The minimum Gasteiger partial charge on any atom is -0.497 e.